The third kappa shape index (κ3) is 1.67. The fraction of sp³-hybridized carbons (Fsp3) is 0.278. The van der Waals surface area contributed by atoms with E-state index in [1.165, 1.54) is 11.1 Å². The molecule has 0 spiro atoms. The lowest BCUT2D eigenvalue weighted by atomic mass is 9.76. The van der Waals surface area contributed by atoms with Crippen molar-refractivity contribution in [2.75, 3.05) is 13.6 Å². The van der Waals surface area contributed by atoms with Gasteiger partial charge in [0.25, 0.3) is 0 Å². The standard InChI is InChI=1S/C18H17NO2/c1-19-8-7-11-3-2-4-14-16(11)15(19)9-12-5-6-13(10-20)18(21)17(12)14/h2-6,10,15,21H,7-9H2,1H3/t15-/m0/s1. The van der Waals surface area contributed by atoms with E-state index in [-0.39, 0.29) is 5.75 Å². The van der Waals surface area contributed by atoms with Crippen LogP contribution in [-0.4, -0.2) is 29.9 Å². The van der Waals surface area contributed by atoms with Gasteiger partial charge in [-0.25, -0.2) is 0 Å². The van der Waals surface area contributed by atoms with Crippen molar-refractivity contribution in [3.63, 3.8) is 0 Å². The van der Waals surface area contributed by atoms with Crippen molar-refractivity contribution in [2.45, 2.75) is 18.9 Å². The van der Waals surface area contributed by atoms with Crippen LogP contribution in [0.15, 0.2) is 30.3 Å². The number of aldehydes is 1. The maximum atomic E-state index is 11.1. The highest BCUT2D eigenvalue weighted by Crippen LogP contribution is 2.48. The Morgan fingerprint density at radius 1 is 1.24 bits per heavy atom. The van der Waals surface area contributed by atoms with E-state index in [4.69, 9.17) is 0 Å². The third-order valence-electron chi connectivity index (χ3n) is 4.90. The summed E-state index contributed by atoms with van der Waals surface area (Å²) < 4.78 is 0. The van der Waals surface area contributed by atoms with Gasteiger partial charge in [0.05, 0.1) is 5.56 Å². The number of likely N-dealkylation sites (N-methyl/N-ethyl adjacent to an activating group) is 1. The number of nitrogens with zero attached hydrogens (tertiary/aromatic N) is 1. The highest BCUT2D eigenvalue weighted by atomic mass is 16.3. The van der Waals surface area contributed by atoms with Gasteiger partial charge in [-0.3, -0.25) is 9.69 Å². The molecular weight excluding hydrogens is 262 g/mol. The number of phenolic OH excluding ortho intramolecular Hbond substituents is 1. The molecule has 106 valence electrons. The minimum absolute atomic E-state index is 0.127. The first-order valence-corrected chi connectivity index (χ1v) is 7.33. The van der Waals surface area contributed by atoms with E-state index in [9.17, 15) is 9.90 Å². The average Bonchev–Trinajstić information content (AvgIpc) is 2.51. The van der Waals surface area contributed by atoms with Crippen LogP contribution in [0.1, 0.15) is 33.1 Å². The normalized spacial score (nSPS) is 19.8. The first-order chi connectivity index (χ1) is 10.2. The molecule has 0 aromatic heterocycles. The molecule has 3 nitrogen and oxygen atoms in total. The lowest BCUT2D eigenvalue weighted by molar-refractivity contribution is 0.112. The van der Waals surface area contributed by atoms with Crippen LogP contribution < -0.4 is 0 Å². The number of rotatable bonds is 1. The van der Waals surface area contributed by atoms with Crippen molar-refractivity contribution in [1.82, 2.24) is 4.90 Å². The van der Waals surface area contributed by atoms with Crippen LogP contribution in [0.2, 0.25) is 0 Å². The quantitative estimate of drug-likeness (QED) is 0.816. The van der Waals surface area contributed by atoms with Gasteiger partial charge in [-0.05, 0) is 48.2 Å². The Labute approximate surface area is 123 Å². The smallest absolute Gasteiger partial charge is 0.153 e. The highest BCUT2D eigenvalue weighted by molar-refractivity contribution is 5.89. The van der Waals surface area contributed by atoms with Crippen LogP contribution in [0.25, 0.3) is 11.1 Å². The largest absolute Gasteiger partial charge is 0.507 e. The number of aromatic hydroxyl groups is 1. The number of fused-ring (bicyclic) bond motifs is 2. The molecule has 1 aliphatic heterocycles. The first kappa shape index (κ1) is 12.6. The summed E-state index contributed by atoms with van der Waals surface area (Å²) in [7, 11) is 2.16. The predicted octanol–water partition coefficient (Wildman–Crippen LogP) is 2.96. The van der Waals surface area contributed by atoms with Gasteiger partial charge in [0.2, 0.25) is 0 Å². The topological polar surface area (TPSA) is 40.5 Å². The zero-order valence-corrected chi connectivity index (χ0v) is 12.0. The van der Waals surface area contributed by atoms with Gasteiger partial charge in [-0.2, -0.15) is 0 Å². The van der Waals surface area contributed by atoms with Gasteiger partial charge < -0.3 is 5.11 Å². The second-order valence-corrected chi connectivity index (χ2v) is 5.98. The van der Waals surface area contributed by atoms with E-state index in [1.54, 1.807) is 6.07 Å². The minimum Gasteiger partial charge on any atom is -0.507 e. The molecule has 1 N–H and O–H groups in total. The van der Waals surface area contributed by atoms with Crippen LogP contribution in [-0.2, 0) is 12.8 Å². The van der Waals surface area contributed by atoms with E-state index in [0.717, 1.165) is 42.4 Å². The number of hydrogen-bond donors (Lipinski definition) is 1. The Bertz CT molecular complexity index is 751. The van der Waals surface area contributed by atoms with Crippen LogP contribution in [0.5, 0.6) is 5.75 Å². The number of carbonyl (C=O) groups is 1. The van der Waals surface area contributed by atoms with Crippen molar-refractivity contribution in [3.05, 3.63) is 52.6 Å². The Hall–Kier alpha value is -2.13. The molecule has 0 amide bonds. The van der Waals surface area contributed by atoms with E-state index < -0.39 is 0 Å². The van der Waals surface area contributed by atoms with E-state index in [2.05, 4.69) is 30.1 Å². The number of carbonyl (C=O) groups excluding carboxylic acids is 1. The number of benzene rings is 2. The molecule has 0 saturated heterocycles. The zero-order chi connectivity index (χ0) is 14.6. The summed E-state index contributed by atoms with van der Waals surface area (Å²) in [5.41, 5.74) is 6.14. The van der Waals surface area contributed by atoms with Gasteiger partial charge in [-0.15, -0.1) is 0 Å². The second kappa shape index (κ2) is 4.43. The third-order valence-corrected chi connectivity index (χ3v) is 4.90. The van der Waals surface area contributed by atoms with Crippen LogP contribution in [0.3, 0.4) is 0 Å². The Balaban J connectivity index is 2.04. The fourth-order valence-corrected chi connectivity index (χ4v) is 3.80. The SMILES string of the molecule is CN1CCc2cccc3c2[C@@H]1Cc1ccc(C=O)c(O)c1-3. The van der Waals surface area contributed by atoms with Crippen LogP contribution in [0, 0.1) is 0 Å². The molecular formula is C18H17NO2. The highest BCUT2D eigenvalue weighted by Gasteiger charge is 2.33. The Kier molecular flexibility index (Phi) is 2.66. The summed E-state index contributed by atoms with van der Waals surface area (Å²) >= 11 is 0. The molecule has 2 aromatic rings. The monoisotopic (exact) mass is 279 g/mol. The molecule has 2 aromatic carbocycles. The first-order valence-electron chi connectivity index (χ1n) is 7.33. The van der Waals surface area contributed by atoms with E-state index >= 15 is 0 Å². The van der Waals surface area contributed by atoms with Gasteiger partial charge in [0.15, 0.2) is 6.29 Å². The summed E-state index contributed by atoms with van der Waals surface area (Å²) in [5.74, 6) is 0.127. The lowest BCUT2D eigenvalue weighted by Crippen LogP contribution is -2.35. The predicted molar refractivity (Wildman–Crippen MR) is 81.7 cm³/mol. The maximum Gasteiger partial charge on any atom is 0.153 e. The number of phenols is 1. The van der Waals surface area contributed by atoms with Crippen LogP contribution >= 0.6 is 0 Å². The Morgan fingerprint density at radius 3 is 2.90 bits per heavy atom. The van der Waals surface area contributed by atoms with Crippen molar-refractivity contribution in [1.29, 1.82) is 0 Å². The minimum atomic E-state index is 0.127. The van der Waals surface area contributed by atoms with Gasteiger partial charge in [0.1, 0.15) is 5.75 Å². The molecule has 2 aliphatic rings. The molecule has 1 atom stereocenters. The molecule has 0 radical (unpaired) electrons. The molecule has 0 fully saturated rings. The van der Waals surface area contributed by atoms with Gasteiger partial charge in [0, 0.05) is 18.2 Å². The second-order valence-electron chi connectivity index (χ2n) is 5.98. The van der Waals surface area contributed by atoms with Crippen molar-refractivity contribution < 1.29 is 9.90 Å². The summed E-state index contributed by atoms with van der Waals surface area (Å²) in [5, 5.41) is 10.5. The molecule has 0 unspecified atom stereocenters. The lowest BCUT2D eigenvalue weighted by Gasteiger charge is -2.39. The summed E-state index contributed by atoms with van der Waals surface area (Å²) in [6.45, 7) is 1.06. The molecule has 21 heavy (non-hydrogen) atoms. The maximum absolute atomic E-state index is 11.1. The van der Waals surface area contributed by atoms with Crippen molar-refractivity contribution >= 4 is 6.29 Å². The Morgan fingerprint density at radius 2 is 2.10 bits per heavy atom. The molecule has 4 rings (SSSR count). The van der Waals surface area contributed by atoms with Gasteiger partial charge >= 0.3 is 0 Å². The zero-order valence-electron chi connectivity index (χ0n) is 12.0. The van der Waals surface area contributed by atoms with Gasteiger partial charge in [-0.1, -0.05) is 24.3 Å². The molecule has 0 saturated carbocycles. The summed E-state index contributed by atoms with van der Waals surface area (Å²) in [6, 6.07) is 10.4. The molecule has 0 bridgehead atoms. The van der Waals surface area contributed by atoms with Crippen LogP contribution in [0.4, 0.5) is 0 Å². The molecule has 1 aliphatic carbocycles. The van der Waals surface area contributed by atoms with Crippen molar-refractivity contribution in [2.24, 2.45) is 0 Å². The van der Waals surface area contributed by atoms with Crippen molar-refractivity contribution in [3.8, 4) is 16.9 Å². The molecule has 1 heterocycles. The van der Waals surface area contributed by atoms with E-state index in [0.29, 0.717) is 11.6 Å². The summed E-state index contributed by atoms with van der Waals surface area (Å²) in [4.78, 5) is 13.5. The number of hydrogen-bond acceptors (Lipinski definition) is 3. The summed E-state index contributed by atoms with van der Waals surface area (Å²) in [6.07, 6.45) is 2.66. The molecule has 3 heteroatoms. The fourth-order valence-electron chi connectivity index (χ4n) is 3.80. The average molecular weight is 279 g/mol. The van der Waals surface area contributed by atoms with E-state index in [1.807, 2.05) is 6.07 Å².